The van der Waals surface area contributed by atoms with Crippen molar-refractivity contribution >= 4 is 22.6 Å². The fourth-order valence-corrected chi connectivity index (χ4v) is 1.16. The summed E-state index contributed by atoms with van der Waals surface area (Å²) in [6.07, 6.45) is 0. The Morgan fingerprint density at radius 3 is 3.00 bits per heavy atom. The molecule has 2 nitrogen and oxygen atoms in total. The monoisotopic (exact) mass is 263 g/mol. The third-order valence-corrected chi connectivity index (χ3v) is 1.71. The van der Waals surface area contributed by atoms with E-state index in [1.807, 2.05) is 12.1 Å². The molecule has 1 aromatic rings. The van der Waals surface area contributed by atoms with Crippen molar-refractivity contribution < 1.29 is 9.84 Å². The highest BCUT2D eigenvalue weighted by atomic mass is 127. The molecular weight excluding hydrogens is 255 g/mol. The van der Waals surface area contributed by atoms with Crippen LogP contribution in [0.25, 0.3) is 0 Å². The molecule has 59 valence electrons. The summed E-state index contributed by atoms with van der Waals surface area (Å²) >= 11 is 2.18. The van der Waals surface area contributed by atoms with Crippen molar-refractivity contribution in [2.24, 2.45) is 0 Å². The summed E-state index contributed by atoms with van der Waals surface area (Å²) in [6, 6.07) is 8.43. The van der Waals surface area contributed by atoms with Crippen LogP contribution in [-0.4, -0.2) is 18.3 Å². The minimum atomic E-state index is 0.0471. The van der Waals surface area contributed by atoms with E-state index in [4.69, 9.17) is 9.84 Å². The first-order chi connectivity index (χ1) is 5.33. The minimum Gasteiger partial charge on any atom is -0.491 e. The standard InChI is InChI=1S/C8H8IO2/c9-7-2-1-3-8(6-7)11-5-4-10/h2-3,6,10H,4-5H2. The molecule has 1 rings (SSSR count). The van der Waals surface area contributed by atoms with Crippen LogP contribution < -0.4 is 4.74 Å². The van der Waals surface area contributed by atoms with Gasteiger partial charge in [0.05, 0.1) is 6.61 Å². The molecule has 0 atom stereocenters. The molecule has 0 saturated heterocycles. The van der Waals surface area contributed by atoms with E-state index in [0.29, 0.717) is 6.61 Å². The van der Waals surface area contributed by atoms with E-state index in [0.717, 1.165) is 9.32 Å². The highest BCUT2D eigenvalue weighted by Crippen LogP contribution is 2.13. The fourth-order valence-electron chi connectivity index (χ4n) is 0.669. The Morgan fingerprint density at radius 2 is 2.36 bits per heavy atom. The van der Waals surface area contributed by atoms with Gasteiger partial charge in [0.15, 0.2) is 0 Å². The van der Waals surface area contributed by atoms with Crippen molar-refractivity contribution in [2.75, 3.05) is 13.2 Å². The maximum Gasteiger partial charge on any atom is 0.121 e. The van der Waals surface area contributed by atoms with Gasteiger partial charge in [0.2, 0.25) is 0 Å². The molecule has 0 heterocycles. The fraction of sp³-hybridized carbons (Fsp3) is 0.250. The smallest absolute Gasteiger partial charge is 0.121 e. The Bertz CT molecular complexity index is 225. The maximum atomic E-state index is 8.46. The van der Waals surface area contributed by atoms with Gasteiger partial charge in [0.25, 0.3) is 0 Å². The van der Waals surface area contributed by atoms with Crippen molar-refractivity contribution in [3.05, 3.63) is 27.8 Å². The largest absolute Gasteiger partial charge is 0.491 e. The molecular formula is C8H8IO2. The summed E-state index contributed by atoms with van der Waals surface area (Å²) in [5.74, 6) is 0.756. The van der Waals surface area contributed by atoms with Crippen molar-refractivity contribution in [2.45, 2.75) is 0 Å². The van der Waals surface area contributed by atoms with E-state index in [1.54, 1.807) is 6.07 Å². The molecule has 3 heteroatoms. The van der Waals surface area contributed by atoms with Gasteiger partial charge in [-0.05, 0) is 46.9 Å². The Hall–Kier alpha value is -0.290. The number of hydrogen-bond acceptors (Lipinski definition) is 2. The molecule has 1 aromatic carbocycles. The van der Waals surface area contributed by atoms with Crippen molar-refractivity contribution in [1.29, 1.82) is 0 Å². The lowest BCUT2D eigenvalue weighted by Gasteiger charge is -2.02. The van der Waals surface area contributed by atoms with Crippen LogP contribution in [0.15, 0.2) is 18.2 Å². The summed E-state index contributed by atoms with van der Waals surface area (Å²) in [5, 5.41) is 8.46. The van der Waals surface area contributed by atoms with Crippen LogP contribution in [0.3, 0.4) is 0 Å². The van der Waals surface area contributed by atoms with E-state index in [-0.39, 0.29) is 6.61 Å². The van der Waals surface area contributed by atoms with Crippen molar-refractivity contribution in [3.63, 3.8) is 0 Å². The summed E-state index contributed by atoms with van der Waals surface area (Å²) in [5.41, 5.74) is 0. The van der Waals surface area contributed by atoms with Gasteiger partial charge in [-0.25, -0.2) is 0 Å². The number of ether oxygens (including phenoxy) is 1. The zero-order valence-corrected chi connectivity index (χ0v) is 8.04. The van der Waals surface area contributed by atoms with Gasteiger partial charge in [-0.15, -0.1) is 0 Å². The third kappa shape index (κ3) is 3.07. The molecule has 0 fully saturated rings. The highest BCUT2D eigenvalue weighted by molar-refractivity contribution is 14.1. The first kappa shape index (κ1) is 8.80. The second-order valence-corrected chi connectivity index (χ2v) is 3.20. The van der Waals surface area contributed by atoms with E-state index >= 15 is 0 Å². The van der Waals surface area contributed by atoms with Gasteiger partial charge in [0, 0.05) is 3.57 Å². The highest BCUT2D eigenvalue weighted by Gasteiger charge is 1.92. The number of rotatable bonds is 3. The summed E-state index contributed by atoms with van der Waals surface area (Å²) in [7, 11) is 0. The van der Waals surface area contributed by atoms with Crippen LogP contribution >= 0.6 is 22.6 Å². The van der Waals surface area contributed by atoms with Gasteiger partial charge < -0.3 is 9.84 Å². The number of hydrogen-bond donors (Lipinski definition) is 1. The number of benzene rings is 1. The van der Waals surface area contributed by atoms with Crippen LogP contribution in [0.4, 0.5) is 0 Å². The van der Waals surface area contributed by atoms with Gasteiger partial charge in [0.1, 0.15) is 12.4 Å². The lowest BCUT2D eigenvalue weighted by Crippen LogP contribution is -2.01. The normalized spacial score (nSPS) is 9.64. The minimum absolute atomic E-state index is 0.0471. The molecule has 11 heavy (non-hydrogen) atoms. The number of halogens is 1. The zero-order chi connectivity index (χ0) is 8.10. The SMILES string of the molecule is OCCOc1c[c]cc(I)c1. The summed E-state index contributed by atoms with van der Waals surface area (Å²) in [6.45, 7) is 0.388. The molecule has 1 N–H and O–H groups in total. The first-order valence-corrected chi connectivity index (χ1v) is 4.31. The van der Waals surface area contributed by atoms with Crippen molar-refractivity contribution in [1.82, 2.24) is 0 Å². The topological polar surface area (TPSA) is 29.5 Å². The lowest BCUT2D eigenvalue weighted by molar-refractivity contribution is 0.201. The average Bonchev–Trinajstić information content (AvgIpc) is 2.01. The Balaban J connectivity index is 2.56. The van der Waals surface area contributed by atoms with E-state index in [1.165, 1.54) is 0 Å². The second-order valence-electron chi connectivity index (χ2n) is 1.96. The van der Waals surface area contributed by atoms with Crippen molar-refractivity contribution in [3.8, 4) is 5.75 Å². The van der Waals surface area contributed by atoms with Gasteiger partial charge in [-0.2, -0.15) is 0 Å². The quantitative estimate of drug-likeness (QED) is 0.836. The van der Waals surface area contributed by atoms with E-state index in [2.05, 4.69) is 28.7 Å². The first-order valence-electron chi connectivity index (χ1n) is 3.23. The molecule has 0 aliphatic rings. The van der Waals surface area contributed by atoms with Gasteiger partial charge in [-0.1, -0.05) is 0 Å². The second kappa shape index (κ2) is 4.56. The number of aliphatic hydroxyl groups excluding tert-OH is 1. The van der Waals surface area contributed by atoms with Gasteiger partial charge >= 0.3 is 0 Å². The lowest BCUT2D eigenvalue weighted by atomic mass is 10.3. The number of aliphatic hydroxyl groups is 1. The molecule has 0 aliphatic carbocycles. The molecule has 0 amide bonds. The summed E-state index contributed by atoms with van der Waals surface area (Å²) < 4.78 is 6.23. The Morgan fingerprint density at radius 1 is 1.55 bits per heavy atom. The average molecular weight is 263 g/mol. The zero-order valence-electron chi connectivity index (χ0n) is 5.88. The third-order valence-electron chi connectivity index (χ3n) is 1.09. The molecule has 0 aromatic heterocycles. The molecule has 0 spiro atoms. The predicted molar refractivity (Wildman–Crippen MR) is 50.6 cm³/mol. The molecule has 0 saturated carbocycles. The van der Waals surface area contributed by atoms with Crippen LogP contribution in [0.1, 0.15) is 0 Å². The molecule has 0 unspecified atom stereocenters. The summed E-state index contributed by atoms with van der Waals surface area (Å²) in [4.78, 5) is 0. The van der Waals surface area contributed by atoms with E-state index < -0.39 is 0 Å². The molecule has 0 bridgehead atoms. The molecule has 0 aliphatic heterocycles. The Kier molecular flexibility index (Phi) is 3.65. The van der Waals surface area contributed by atoms with Crippen LogP contribution in [0.2, 0.25) is 0 Å². The van der Waals surface area contributed by atoms with Crippen LogP contribution in [0, 0.1) is 9.64 Å². The Labute approximate surface area is 79.3 Å². The predicted octanol–water partition coefficient (Wildman–Crippen LogP) is 1.46. The van der Waals surface area contributed by atoms with Gasteiger partial charge in [-0.3, -0.25) is 0 Å². The maximum absolute atomic E-state index is 8.46. The van der Waals surface area contributed by atoms with Crippen LogP contribution in [0.5, 0.6) is 5.75 Å². The molecule has 1 radical (unpaired) electrons. The van der Waals surface area contributed by atoms with Crippen LogP contribution in [-0.2, 0) is 0 Å². The van der Waals surface area contributed by atoms with E-state index in [9.17, 15) is 0 Å².